The Morgan fingerprint density at radius 2 is 1.87 bits per heavy atom. The number of allylic oxidation sites excluding steroid dienone is 1. The number of nitrogens with one attached hydrogen (secondary N) is 3. The van der Waals surface area contributed by atoms with Gasteiger partial charge in [0.2, 0.25) is 0 Å². The summed E-state index contributed by atoms with van der Waals surface area (Å²) in [6.07, 6.45) is 10.9. The molecule has 1 atom stereocenters. The van der Waals surface area contributed by atoms with Crippen molar-refractivity contribution in [2.75, 3.05) is 5.32 Å². The van der Waals surface area contributed by atoms with Gasteiger partial charge >= 0.3 is 0 Å². The van der Waals surface area contributed by atoms with Crippen LogP contribution in [-0.2, 0) is 0 Å². The Morgan fingerprint density at radius 1 is 1.03 bits per heavy atom. The van der Waals surface area contributed by atoms with Crippen molar-refractivity contribution in [3.63, 3.8) is 0 Å². The molecular weight excluding hydrogens is 481 g/mol. The van der Waals surface area contributed by atoms with Gasteiger partial charge in [-0.2, -0.15) is 5.10 Å². The number of halogens is 1. The maximum atomic E-state index is 16.1. The number of H-pyrrole nitrogens is 2. The summed E-state index contributed by atoms with van der Waals surface area (Å²) in [6, 6.07) is 7.52. The first-order valence-corrected chi connectivity index (χ1v) is 12.2. The molecule has 38 heavy (non-hydrogen) atoms. The standard InChI is InChI=1S/C28H24FN9/c1-4-15(2)16(3)34-19-11-18(12-31-13-19)24-23(29)22-21(14-33-24)37-38-26(22)28-35-25-20(7-10-32-27(25)36-28)17-5-8-30-9-6-17/h5-15,34H,3-4H2,1-2H3,(H,37,38)(H,32,35,36). The lowest BCUT2D eigenvalue weighted by molar-refractivity contribution is 0.638. The summed E-state index contributed by atoms with van der Waals surface area (Å²) >= 11 is 0. The largest absolute Gasteiger partial charge is 0.358 e. The third-order valence-corrected chi connectivity index (χ3v) is 6.68. The van der Waals surface area contributed by atoms with E-state index in [1.54, 1.807) is 37.2 Å². The molecule has 0 spiro atoms. The predicted octanol–water partition coefficient (Wildman–Crippen LogP) is 6.13. The number of aromatic amines is 2. The van der Waals surface area contributed by atoms with Gasteiger partial charge in [-0.05, 0) is 42.2 Å². The van der Waals surface area contributed by atoms with Gasteiger partial charge in [0.1, 0.15) is 11.4 Å². The molecule has 6 rings (SSSR count). The number of nitrogens with zero attached hydrogens (tertiary/aromatic N) is 6. The zero-order chi connectivity index (χ0) is 26.2. The highest BCUT2D eigenvalue weighted by atomic mass is 19.1. The monoisotopic (exact) mass is 505 g/mol. The van der Waals surface area contributed by atoms with Crippen LogP contribution in [0, 0.1) is 11.7 Å². The summed E-state index contributed by atoms with van der Waals surface area (Å²) in [5.74, 6) is 0.166. The molecule has 0 aromatic carbocycles. The van der Waals surface area contributed by atoms with E-state index >= 15 is 4.39 Å². The summed E-state index contributed by atoms with van der Waals surface area (Å²) in [7, 11) is 0. The summed E-state index contributed by atoms with van der Waals surface area (Å²) in [5.41, 5.74) is 6.18. The second-order valence-corrected chi connectivity index (χ2v) is 9.08. The second-order valence-electron chi connectivity index (χ2n) is 9.08. The smallest absolute Gasteiger partial charge is 0.178 e. The SMILES string of the molecule is C=C(Nc1cncc(-c2ncc3[nH]nc(-c4nc5nccc(-c6ccncc6)c5[nH]4)c3c2F)c1)C(C)CC. The zero-order valence-corrected chi connectivity index (χ0v) is 20.8. The lowest BCUT2D eigenvalue weighted by atomic mass is 10.1. The van der Waals surface area contributed by atoms with E-state index in [1.165, 1.54) is 0 Å². The van der Waals surface area contributed by atoms with Crippen LogP contribution in [0.5, 0.6) is 0 Å². The Balaban J connectivity index is 1.43. The molecule has 0 saturated carbocycles. The van der Waals surface area contributed by atoms with Gasteiger partial charge in [-0.25, -0.2) is 14.4 Å². The van der Waals surface area contributed by atoms with Crippen molar-refractivity contribution in [2.24, 2.45) is 5.92 Å². The fraction of sp³-hybridized carbons (Fsp3) is 0.143. The minimum atomic E-state index is -0.520. The van der Waals surface area contributed by atoms with Crippen molar-refractivity contribution in [3.8, 4) is 33.9 Å². The molecule has 3 N–H and O–H groups in total. The average molecular weight is 506 g/mol. The number of hydrogen-bond acceptors (Lipinski definition) is 7. The van der Waals surface area contributed by atoms with E-state index < -0.39 is 5.82 Å². The predicted molar refractivity (Wildman–Crippen MR) is 145 cm³/mol. The number of pyridine rings is 4. The Bertz CT molecular complexity index is 1790. The van der Waals surface area contributed by atoms with Crippen molar-refractivity contribution in [3.05, 3.63) is 79.5 Å². The Labute approximate surface area is 217 Å². The number of rotatable bonds is 7. The molecule has 0 fully saturated rings. The first kappa shape index (κ1) is 23.4. The lowest BCUT2D eigenvalue weighted by Crippen LogP contribution is -2.07. The molecule has 0 radical (unpaired) electrons. The van der Waals surface area contributed by atoms with Crippen LogP contribution in [0.25, 0.3) is 56.0 Å². The molecule has 6 aromatic rings. The Kier molecular flexibility index (Phi) is 5.83. The fourth-order valence-corrected chi connectivity index (χ4v) is 4.34. The van der Waals surface area contributed by atoms with Crippen molar-refractivity contribution < 1.29 is 4.39 Å². The van der Waals surface area contributed by atoms with Crippen molar-refractivity contribution in [1.82, 2.24) is 40.1 Å². The van der Waals surface area contributed by atoms with E-state index in [9.17, 15) is 0 Å². The molecule has 0 saturated heterocycles. The summed E-state index contributed by atoms with van der Waals surface area (Å²) in [6.45, 7) is 8.30. The van der Waals surface area contributed by atoms with Crippen molar-refractivity contribution in [1.29, 1.82) is 0 Å². The van der Waals surface area contributed by atoms with Crippen LogP contribution in [0.1, 0.15) is 20.3 Å². The maximum Gasteiger partial charge on any atom is 0.178 e. The van der Waals surface area contributed by atoms with Crippen LogP contribution in [0.4, 0.5) is 10.1 Å². The second kappa shape index (κ2) is 9.47. The fourth-order valence-electron chi connectivity index (χ4n) is 4.34. The van der Waals surface area contributed by atoms with Crippen LogP contribution in [0.15, 0.2) is 73.7 Å². The van der Waals surface area contributed by atoms with Crippen LogP contribution >= 0.6 is 0 Å². The van der Waals surface area contributed by atoms with Crippen LogP contribution in [-0.4, -0.2) is 40.1 Å². The molecule has 188 valence electrons. The molecule has 0 bridgehead atoms. The third kappa shape index (κ3) is 4.05. The van der Waals surface area contributed by atoms with Gasteiger partial charge in [-0.3, -0.25) is 20.1 Å². The number of aromatic nitrogens is 8. The van der Waals surface area contributed by atoms with Gasteiger partial charge in [-0.1, -0.05) is 20.4 Å². The highest BCUT2D eigenvalue weighted by Crippen LogP contribution is 2.34. The molecule has 0 aliphatic carbocycles. The van der Waals surface area contributed by atoms with Crippen LogP contribution in [0.2, 0.25) is 0 Å². The van der Waals surface area contributed by atoms with Crippen LogP contribution < -0.4 is 5.32 Å². The van der Waals surface area contributed by atoms with E-state index in [2.05, 4.69) is 65.8 Å². The van der Waals surface area contributed by atoms with E-state index in [-0.39, 0.29) is 17.0 Å². The van der Waals surface area contributed by atoms with E-state index in [0.717, 1.165) is 28.8 Å². The zero-order valence-electron chi connectivity index (χ0n) is 20.8. The first-order chi connectivity index (χ1) is 18.5. The van der Waals surface area contributed by atoms with Crippen LogP contribution in [0.3, 0.4) is 0 Å². The molecule has 10 heteroatoms. The van der Waals surface area contributed by atoms with E-state index in [0.29, 0.717) is 33.9 Å². The molecule has 0 aliphatic rings. The highest BCUT2D eigenvalue weighted by molar-refractivity contribution is 5.97. The Hall–Kier alpha value is -4.99. The van der Waals surface area contributed by atoms with Gasteiger partial charge < -0.3 is 10.3 Å². The molecule has 6 aromatic heterocycles. The van der Waals surface area contributed by atoms with Crippen molar-refractivity contribution in [2.45, 2.75) is 20.3 Å². The molecule has 9 nitrogen and oxygen atoms in total. The molecule has 0 aliphatic heterocycles. The summed E-state index contributed by atoms with van der Waals surface area (Å²) in [4.78, 5) is 25.1. The average Bonchev–Trinajstić information content (AvgIpc) is 3.58. The third-order valence-electron chi connectivity index (χ3n) is 6.68. The Morgan fingerprint density at radius 3 is 2.68 bits per heavy atom. The lowest BCUT2D eigenvalue weighted by Gasteiger charge is -2.15. The number of hydrogen-bond donors (Lipinski definition) is 3. The van der Waals surface area contributed by atoms with Gasteiger partial charge in [0.25, 0.3) is 0 Å². The van der Waals surface area contributed by atoms with Gasteiger partial charge in [0.05, 0.1) is 34.5 Å². The molecule has 1 unspecified atom stereocenters. The van der Waals surface area contributed by atoms with Crippen molar-refractivity contribution >= 4 is 27.8 Å². The molecule has 0 amide bonds. The van der Waals surface area contributed by atoms with Gasteiger partial charge in [0.15, 0.2) is 17.3 Å². The minimum Gasteiger partial charge on any atom is -0.358 e. The topological polar surface area (TPSA) is 121 Å². The number of fused-ring (bicyclic) bond motifs is 2. The van der Waals surface area contributed by atoms with E-state index in [4.69, 9.17) is 0 Å². The molecular formula is C28H24FN9. The summed E-state index contributed by atoms with van der Waals surface area (Å²) in [5, 5.41) is 10.8. The number of anilines is 1. The number of imidazole rings is 1. The normalized spacial score (nSPS) is 12.2. The van der Waals surface area contributed by atoms with Gasteiger partial charge in [-0.15, -0.1) is 0 Å². The van der Waals surface area contributed by atoms with Gasteiger partial charge in [0, 0.05) is 41.6 Å². The minimum absolute atomic E-state index is 0.164. The molecule has 6 heterocycles. The van der Waals surface area contributed by atoms with E-state index in [1.807, 2.05) is 24.3 Å². The summed E-state index contributed by atoms with van der Waals surface area (Å²) < 4.78 is 16.1. The highest BCUT2D eigenvalue weighted by Gasteiger charge is 2.21. The quantitative estimate of drug-likeness (QED) is 0.239. The first-order valence-electron chi connectivity index (χ1n) is 12.2. The maximum absolute atomic E-state index is 16.1.